The summed E-state index contributed by atoms with van der Waals surface area (Å²) >= 11 is 0. The highest BCUT2D eigenvalue weighted by molar-refractivity contribution is 6.80. The summed E-state index contributed by atoms with van der Waals surface area (Å²) in [4.78, 5) is 0. The van der Waals surface area contributed by atoms with Gasteiger partial charge in [-0.15, -0.1) is 0 Å². The van der Waals surface area contributed by atoms with Crippen LogP contribution in [0, 0.1) is 0 Å². The second-order valence-electron chi connectivity index (χ2n) is 7.10. The summed E-state index contributed by atoms with van der Waals surface area (Å²) in [5.74, 6) is 0.967. The molecule has 0 unspecified atom stereocenters. The van der Waals surface area contributed by atoms with Crippen LogP contribution in [0.4, 0.5) is 5.69 Å². The van der Waals surface area contributed by atoms with E-state index in [1.54, 1.807) is 0 Å². The van der Waals surface area contributed by atoms with Gasteiger partial charge in [0, 0.05) is 16.8 Å². The van der Waals surface area contributed by atoms with E-state index in [0.717, 1.165) is 5.75 Å². The lowest BCUT2D eigenvalue weighted by molar-refractivity contribution is 0.340. The van der Waals surface area contributed by atoms with Gasteiger partial charge in [0.2, 0.25) is 0 Å². The van der Waals surface area contributed by atoms with Gasteiger partial charge in [-0.25, -0.2) is 0 Å². The number of nitrogens with zero attached hydrogens (tertiary/aromatic N) is 1. The molecule has 2 nitrogen and oxygen atoms in total. The highest BCUT2D eigenvalue weighted by Gasteiger charge is 2.38. The number of hydrogen-bond acceptors (Lipinski definition) is 2. The highest BCUT2D eigenvalue weighted by atomic mass is 28.3. The minimum atomic E-state index is -1.46. The molecule has 0 aliphatic carbocycles. The summed E-state index contributed by atoms with van der Waals surface area (Å²) in [5, 5.41) is 0. The van der Waals surface area contributed by atoms with E-state index in [2.05, 4.69) is 69.3 Å². The molecule has 1 aromatic rings. The molecule has 1 aliphatic rings. The van der Waals surface area contributed by atoms with Crippen LogP contribution in [0.3, 0.4) is 0 Å². The predicted octanol–water partition coefficient (Wildman–Crippen LogP) is 4.92. The van der Waals surface area contributed by atoms with Gasteiger partial charge in [0.1, 0.15) is 14.0 Å². The van der Waals surface area contributed by atoms with Gasteiger partial charge in [0.15, 0.2) is 0 Å². The van der Waals surface area contributed by atoms with Crippen molar-refractivity contribution in [3.63, 3.8) is 0 Å². The van der Waals surface area contributed by atoms with Crippen molar-refractivity contribution in [2.75, 3.05) is 11.2 Å². The van der Waals surface area contributed by atoms with E-state index in [1.807, 2.05) is 6.92 Å². The number of benzene rings is 1. The lowest BCUT2D eigenvalue weighted by atomic mass is 9.91. The number of fused-ring (bicyclic) bond motifs is 1. The first-order valence-electron chi connectivity index (χ1n) is 7.44. The second-order valence-corrected chi connectivity index (χ2v) is 11.9. The molecule has 0 fully saturated rings. The molecule has 3 heteroatoms. The van der Waals surface area contributed by atoms with E-state index in [1.165, 1.54) is 16.8 Å². The van der Waals surface area contributed by atoms with E-state index in [9.17, 15) is 0 Å². The molecule has 0 amide bonds. The first-order valence-corrected chi connectivity index (χ1v) is 10.9. The van der Waals surface area contributed by atoms with Crippen molar-refractivity contribution in [3.8, 4) is 5.75 Å². The molecule has 0 bridgehead atoms. The van der Waals surface area contributed by atoms with Gasteiger partial charge in [-0.1, -0.05) is 25.7 Å². The highest BCUT2D eigenvalue weighted by Crippen LogP contribution is 2.43. The molecule has 1 heterocycles. The number of ether oxygens (including phenoxy) is 1. The molecule has 0 saturated heterocycles. The van der Waals surface area contributed by atoms with Crippen molar-refractivity contribution in [1.82, 2.24) is 0 Å². The van der Waals surface area contributed by atoms with Gasteiger partial charge < -0.3 is 9.30 Å². The van der Waals surface area contributed by atoms with Gasteiger partial charge in [0.25, 0.3) is 0 Å². The molecular weight excluding hydrogens is 262 g/mol. The zero-order valence-corrected chi connectivity index (χ0v) is 14.9. The van der Waals surface area contributed by atoms with Gasteiger partial charge >= 0.3 is 0 Å². The number of hydrogen-bond donors (Lipinski definition) is 0. The minimum absolute atomic E-state index is 0.0781. The maximum absolute atomic E-state index is 5.66. The lowest BCUT2D eigenvalue weighted by Gasteiger charge is -2.50. The molecule has 2 rings (SSSR count). The maximum atomic E-state index is 5.66. The van der Waals surface area contributed by atoms with Crippen molar-refractivity contribution in [2.24, 2.45) is 0 Å². The van der Waals surface area contributed by atoms with Crippen LogP contribution in [-0.4, -0.2) is 20.4 Å². The Kier molecular flexibility index (Phi) is 3.76. The van der Waals surface area contributed by atoms with E-state index >= 15 is 0 Å². The number of allylic oxidation sites excluding steroid dienone is 1. The molecule has 0 spiro atoms. The Labute approximate surface area is 124 Å². The van der Waals surface area contributed by atoms with Crippen LogP contribution in [-0.2, 0) is 0 Å². The topological polar surface area (TPSA) is 12.5 Å². The van der Waals surface area contributed by atoms with E-state index < -0.39 is 8.24 Å². The van der Waals surface area contributed by atoms with Crippen LogP contribution in [0.25, 0.3) is 5.57 Å². The lowest BCUT2D eigenvalue weighted by Crippen LogP contribution is -2.58. The van der Waals surface area contributed by atoms with Crippen molar-refractivity contribution in [2.45, 2.75) is 52.9 Å². The summed E-state index contributed by atoms with van der Waals surface area (Å²) in [5.41, 5.74) is 4.10. The summed E-state index contributed by atoms with van der Waals surface area (Å²) in [7, 11) is -1.46. The fraction of sp³-hybridized carbons (Fsp3) is 0.529. The SMILES string of the molecule is CCOc1ccc2c(c1)C(C)=CC(C)(C)N2[Si](C)(C)C. The van der Waals surface area contributed by atoms with Crippen LogP contribution in [0.1, 0.15) is 33.3 Å². The zero-order valence-electron chi connectivity index (χ0n) is 13.9. The van der Waals surface area contributed by atoms with Crippen LogP contribution < -0.4 is 9.30 Å². The summed E-state index contributed by atoms with van der Waals surface area (Å²) in [6.45, 7) is 16.8. The molecule has 1 aliphatic heterocycles. The molecule has 20 heavy (non-hydrogen) atoms. The average molecular weight is 289 g/mol. The van der Waals surface area contributed by atoms with Gasteiger partial charge in [0.05, 0.1) is 6.61 Å². The summed E-state index contributed by atoms with van der Waals surface area (Å²) < 4.78 is 8.30. The third-order valence-corrected chi connectivity index (χ3v) is 5.92. The van der Waals surface area contributed by atoms with Crippen LogP contribution in [0.2, 0.25) is 19.6 Å². The predicted molar refractivity (Wildman–Crippen MR) is 91.2 cm³/mol. The molecule has 0 radical (unpaired) electrons. The Hall–Kier alpha value is -1.22. The molecule has 0 atom stereocenters. The standard InChI is InChI=1S/C17H27NOSi/c1-8-19-14-9-10-16-15(11-14)13(2)12-17(3,4)18(16)20(5,6)7/h9-12H,8H2,1-7H3. The first-order chi connectivity index (χ1) is 9.16. The fourth-order valence-corrected chi connectivity index (χ4v) is 6.20. The summed E-state index contributed by atoms with van der Waals surface area (Å²) in [6.07, 6.45) is 2.39. The Morgan fingerprint density at radius 1 is 1.20 bits per heavy atom. The Morgan fingerprint density at radius 2 is 1.85 bits per heavy atom. The van der Waals surface area contributed by atoms with Gasteiger partial charge in [-0.05, 0) is 51.5 Å². The molecule has 0 N–H and O–H groups in total. The smallest absolute Gasteiger partial charge is 0.148 e. The van der Waals surface area contributed by atoms with Crippen molar-refractivity contribution < 1.29 is 4.74 Å². The molecular formula is C17H27NOSi. The van der Waals surface area contributed by atoms with Crippen molar-refractivity contribution in [1.29, 1.82) is 0 Å². The number of anilines is 1. The van der Waals surface area contributed by atoms with Crippen LogP contribution in [0.5, 0.6) is 5.75 Å². The van der Waals surface area contributed by atoms with Crippen LogP contribution >= 0.6 is 0 Å². The van der Waals surface area contributed by atoms with E-state index in [-0.39, 0.29) is 5.54 Å². The third kappa shape index (κ3) is 2.64. The Morgan fingerprint density at radius 3 is 2.40 bits per heavy atom. The normalized spacial score (nSPS) is 17.6. The van der Waals surface area contributed by atoms with Gasteiger partial charge in [-0.2, -0.15) is 0 Å². The van der Waals surface area contributed by atoms with Crippen molar-refractivity contribution >= 4 is 19.5 Å². The molecule has 110 valence electrons. The molecule has 0 saturated carbocycles. The Balaban J connectivity index is 2.60. The second kappa shape index (κ2) is 4.96. The monoisotopic (exact) mass is 289 g/mol. The largest absolute Gasteiger partial charge is 0.494 e. The quantitative estimate of drug-likeness (QED) is 0.732. The molecule has 1 aromatic carbocycles. The average Bonchev–Trinajstić information content (AvgIpc) is 2.27. The molecule has 0 aromatic heterocycles. The van der Waals surface area contributed by atoms with Crippen molar-refractivity contribution in [3.05, 3.63) is 29.8 Å². The van der Waals surface area contributed by atoms with Gasteiger partial charge in [-0.3, -0.25) is 0 Å². The summed E-state index contributed by atoms with van der Waals surface area (Å²) in [6, 6.07) is 6.52. The minimum Gasteiger partial charge on any atom is -0.494 e. The van der Waals surface area contributed by atoms with Crippen LogP contribution in [0.15, 0.2) is 24.3 Å². The fourth-order valence-electron chi connectivity index (χ4n) is 3.49. The zero-order chi connectivity index (χ0) is 15.1. The first kappa shape index (κ1) is 15.2. The number of rotatable bonds is 3. The third-order valence-electron chi connectivity index (χ3n) is 3.76. The van der Waals surface area contributed by atoms with E-state index in [4.69, 9.17) is 4.74 Å². The Bertz CT molecular complexity index is 540. The maximum Gasteiger partial charge on any atom is 0.148 e. The van der Waals surface area contributed by atoms with E-state index in [0.29, 0.717) is 6.61 Å².